The van der Waals surface area contributed by atoms with Crippen LogP contribution in [0.4, 0.5) is 0 Å². The lowest BCUT2D eigenvalue weighted by atomic mass is 10.1. The average molecular weight is 1070 g/mol. The summed E-state index contributed by atoms with van der Waals surface area (Å²) in [6.07, 6.45) is 0. The smallest absolute Gasteiger partial charge is 0.203 e. The van der Waals surface area contributed by atoms with Gasteiger partial charge >= 0.3 is 0 Å². The van der Waals surface area contributed by atoms with Gasteiger partial charge in [-0.25, -0.2) is 0 Å². The monoisotopic (exact) mass is 1060 g/mol. The highest BCUT2D eigenvalue weighted by Gasteiger charge is 2.20. The second kappa shape index (κ2) is 27.7. The van der Waals surface area contributed by atoms with Crippen molar-refractivity contribution in [1.82, 2.24) is 0 Å². The van der Waals surface area contributed by atoms with E-state index in [0.29, 0.717) is 91.4 Å². The second-order valence-electron chi connectivity index (χ2n) is 18.7. The molecular formula is C69H60O9S. The van der Waals surface area contributed by atoms with Crippen molar-refractivity contribution in [2.45, 2.75) is 64.4 Å². The van der Waals surface area contributed by atoms with Crippen LogP contribution in [-0.2, 0) is 59.5 Å². The molecule has 9 nitrogen and oxygen atoms in total. The molecule has 0 amide bonds. The minimum absolute atomic E-state index is 0.157. The lowest BCUT2D eigenvalue weighted by molar-refractivity contribution is 0.227. The van der Waals surface area contributed by atoms with E-state index in [0.717, 1.165) is 55.0 Å². The van der Waals surface area contributed by atoms with Crippen molar-refractivity contribution >= 4 is 12.6 Å². The maximum Gasteiger partial charge on any atom is 0.203 e. The second-order valence-corrected chi connectivity index (χ2v) is 19.2. The van der Waals surface area contributed by atoms with E-state index in [4.69, 9.17) is 42.6 Å². The maximum absolute atomic E-state index is 6.71. The molecule has 0 saturated carbocycles. The molecule has 0 aliphatic heterocycles. The summed E-state index contributed by atoms with van der Waals surface area (Å²) in [6.45, 7) is 2.44. The third-order valence-electron chi connectivity index (χ3n) is 12.6. The molecule has 0 radical (unpaired) electrons. The minimum Gasteiger partial charge on any atom is -0.489 e. The Balaban J connectivity index is 0.955. The van der Waals surface area contributed by atoms with E-state index in [1.807, 2.05) is 249 Å². The highest BCUT2D eigenvalue weighted by Crippen LogP contribution is 2.43. The van der Waals surface area contributed by atoms with Gasteiger partial charge in [-0.3, -0.25) is 0 Å². The van der Waals surface area contributed by atoms with Crippen molar-refractivity contribution in [3.63, 3.8) is 0 Å². The first-order valence-electron chi connectivity index (χ1n) is 26.2. The van der Waals surface area contributed by atoms with E-state index < -0.39 is 0 Å². The van der Waals surface area contributed by atoms with E-state index >= 15 is 0 Å². The van der Waals surface area contributed by atoms with Gasteiger partial charge in [0.2, 0.25) is 11.5 Å². The first kappa shape index (κ1) is 53.2. The van der Waals surface area contributed by atoms with Crippen molar-refractivity contribution in [3.05, 3.63) is 299 Å². The van der Waals surface area contributed by atoms with Crippen LogP contribution >= 0.6 is 12.6 Å². The van der Waals surface area contributed by atoms with Crippen LogP contribution in [0.5, 0.6) is 51.7 Å². The van der Waals surface area contributed by atoms with Crippen LogP contribution in [0.1, 0.15) is 50.1 Å². The molecule has 0 atom stereocenters. The van der Waals surface area contributed by atoms with Crippen molar-refractivity contribution in [1.29, 1.82) is 0 Å². The van der Waals surface area contributed by atoms with Crippen LogP contribution in [0.25, 0.3) is 0 Å². The molecule has 0 aliphatic carbocycles. The number of rotatable bonds is 27. The average Bonchev–Trinajstić information content (AvgIpc) is 3.51. The van der Waals surface area contributed by atoms with Gasteiger partial charge in [0.05, 0.1) is 0 Å². The normalized spacial score (nSPS) is 10.8. The van der Waals surface area contributed by atoms with E-state index in [9.17, 15) is 0 Å². The van der Waals surface area contributed by atoms with Crippen LogP contribution in [0.2, 0.25) is 0 Å². The molecule has 0 fully saturated rings. The van der Waals surface area contributed by atoms with E-state index in [1.165, 1.54) is 0 Å². The number of ether oxygens (including phenoxy) is 9. The number of hydrogen-bond acceptors (Lipinski definition) is 10. The van der Waals surface area contributed by atoms with Crippen molar-refractivity contribution in [2.24, 2.45) is 0 Å². The summed E-state index contributed by atoms with van der Waals surface area (Å²) >= 11 is 4.47. The topological polar surface area (TPSA) is 83.1 Å². The molecule has 0 aliphatic rings. The molecule has 0 bridgehead atoms. The Morgan fingerprint density at radius 3 is 0.734 bits per heavy atom. The molecule has 0 saturated heterocycles. The molecule has 10 heteroatoms. The summed E-state index contributed by atoms with van der Waals surface area (Å²) in [6, 6.07) is 81.4. The van der Waals surface area contributed by atoms with Crippen molar-refractivity contribution < 1.29 is 42.6 Å². The highest BCUT2D eigenvalue weighted by molar-refractivity contribution is 7.80. The molecule has 0 spiro atoms. The van der Waals surface area contributed by atoms with Gasteiger partial charge in [0.15, 0.2) is 23.0 Å². The summed E-state index contributed by atoms with van der Waals surface area (Å²) < 4.78 is 59.3. The zero-order chi connectivity index (χ0) is 53.7. The zero-order valence-corrected chi connectivity index (χ0v) is 44.6. The Labute approximate surface area is 467 Å². The van der Waals surface area contributed by atoms with Gasteiger partial charge in [-0.05, 0) is 111 Å². The summed E-state index contributed by atoms with van der Waals surface area (Å²) in [5, 5.41) is 0. The van der Waals surface area contributed by atoms with E-state index in [-0.39, 0.29) is 19.8 Å². The quantitative estimate of drug-likeness (QED) is 0.0506. The molecule has 10 rings (SSSR count). The first-order valence-corrected chi connectivity index (χ1v) is 26.6. The fraction of sp³-hybridized carbons (Fsp3) is 0.130. The van der Waals surface area contributed by atoms with Gasteiger partial charge < -0.3 is 42.6 Å². The van der Waals surface area contributed by atoms with Crippen LogP contribution in [0, 0.1) is 0 Å². The predicted molar refractivity (Wildman–Crippen MR) is 311 cm³/mol. The fourth-order valence-corrected chi connectivity index (χ4v) is 8.61. The van der Waals surface area contributed by atoms with Crippen LogP contribution in [0.3, 0.4) is 0 Å². The summed E-state index contributed by atoms with van der Waals surface area (Å²) in [7, 11) is 0. The van der Waals surface area contributed by atoms with Crippen molar-refractivity contribution in [2.75, 3.05) is 0 Å². The fourth-order valence-electron chi connectivity index (χ4n) is 8.47. The molecule has 10 aromatic rings. The molecule has 396 valence electrons. The molecule has 0 unspecified atom stereocenters. The Morgan fingerprint density at radius 2 is 0.443 bits per heavy atom. The summed E-state index contributed by atoms with van der Waals surface area (Å²) in [5.41, 5.74) is 8.50. The van der Waals surface area contributed by atoms with E-state index in [1.54, 1.807) is 0 Å². The lowest BCUT2D eigenvalue weighted by Gasteiger charge is -2.20. The van der Waals surface area contributed by atoms with Crippen LogP contribution < -0.4 is 42.6 Å². The van der Waals surface area contributed by atoms with E-state index in [2.05, 4.69) is 12.6 Å². The number of hydrogen-bond donors (Lipinski definition) is 1. The Morgan fingerprint density at radius 1 is 0.203 bits per heavy atom. The Kier molecular flexibility index (Phi) is 18.6. The number of benzene rings is 10. The molecule has 0 N–H and O–H groups in total. The Bertz CT molecular complexity index is 3110. The summed E-state index contributed by atoms with van der Waals surface area (Å²) in [4.78, 5) is 0.842. The summed E-state index contributed by atoms with van der Waals surface area (Å²) in [5.74, 6) is 4.93. The minimum atomic E-state index is 0.157. The molecule has 0 heterocycles. The zero-order valence-electron chi connectivity index (χ0n) is 43.7. The third-order valence-corrected chi connectivity index (χ3v) is 12.9. The number of thiol groups is 1. The molecule has 79 heavy (non-hydrogen) atoms. The SMILES string of the molecule is Sc1ccc(OCc2cc(OCc3cc(OCc4ccccc4)c(OCc4ccccc4)c(OCc4ccccc4)c3)cc(OCc3cc(OCc4ccccc4)c(OCc4ccccc4)c(OCc4ccccc4)c3)c2)cc1. The van der Waals surface area contributed by atoms with Gasteiger partial charge in [-0.15, -0.1) is 12.6 Å². The standard InChI is InChI=1S/C69H60O9S/c79-63-33-31-60(32-34-63)70-48-57-35-61(71-49-58-37-64(73-42-51-19-7-1-8-20-51)68(77-46-55-27-15-5-16-28-55)65(38-58)74-43-52-21-9-2-10-22-52)41-62(36-57)72-50-59-39-66(75-44-53-23-11-3-12-24-53)69(78-47-56-29-17-6-18-30-56)67(40-59)76-45-54-25-13-4-14-26-54/h1-41,79H,42-50H2. The predicted octanol–water partition coefficient (Wildman–Crippen LogP) is 16.2. The lowest BCUT2D eigenvalue weighted by Crippen LogP contribution is -2.07. The van der Waals surface area contributed by atoms with Gasteiger partial charge in [-0.2, -0.15) is 0 Å². The Hall–Kier alpha value is -9.25. The van der Waals surface area contributed by atoms with Gasteiger partial charge in [0.25, 0.3) is 0 Å². The van der Waals surface area contributed by atoms with Crippen molar-refractivity contribution in [3.8, 4) is 51.7 Å². The molecular weight excluding hydrogens is 1000 g/mol. The van der Waals surface area contributed by atoms with Gasteiger partial charge in [0.1, 0.15) is 76.7 Å². The molecule has 0 aromatic heterocycles. The van der Waals surface area contributed by atoms with Gasteiger partial charge in [0, 0.05) is 11.0 Å². The van der Waals surface area contributed by atoms with Gasteiger partial charge in [-0.1, -0.05) is 182 Å². The largest absolute Gasteiger partial charge is 0.489 e. The first-order chi connectivity index (χ1) is 39.0. The molecule has 10 aromatic carbocycles. The third kappa shape index (κ3) is 16.1. The highest BCUT2D eigenvalue weighted by atomic mass is 32.1. The maximum atomic E-state index is 6.71. The van der Waals surface area contributed by atoms with Crippen LogP contribution in [-0.4, -0.2) is 0 Å². The van der Waals surface area contributed by atoms with Crippen LogP contribution in [0.15, 0.2) is 254 Å².